The van der Waals surface area contributed by atoms with Gasteiger partial charge >= 0.3 is 0 Å². The van der Waals surface area contributed by atoms with Crippen LogP contribution in [0.3, 0.4) is 0 Å². The van der Waals surface area contributed by atoms with Crippen LogP contribution in [0.5, 0.6) is 40.2 Å². The second-order valence-electron chi connectivity index (χ2n) is 28.6. The zero-order valence-electron chi connectivity index (χ0n) is 67.3. The van der Waals surface area contributed by atoms with Gasteiger partial charge in [0.1, 0.15) is 69.3 Å². The Hall–Kier alpha value is -16.5. The van der Waals surface area contributed by atoms with Crippen molar-refractivity contribution in [2.45, 2.75) is 6.92 Å². The van der Waals surface area contributed by atoms with Crippen LogP contribution in [0.25, 0.3) is 55.6 Å². The molecule has 5 aliphatic rings. The quantitative estimate of drug-likeness (QED) is 0.0428. The molecule has 10 aromatic carbocycles. The minimum Gasteiger partial charge on any atom is -0.508 e. The number of aromatic hydroxyl groups is 1. The van der Waals surface area contributed by atoms with E-state index >= 15 is 0 Å². The number of phenols is 1. The van der Waals surface area contributed by atoms with Crippen molar-refractivity contribution in [2.24, 2.45) is 0 Å². The van der Waals surface area contributed by atoms with Gasteiger partial charge in [-0.2, -0.15) is 0 Å². The Bertz CT molecular complexity index is 6450. The first-order valence-electron chi connectivity index (χ1n) is 39.4. The summed E-state index contributed by atoms with van der Waals surface area (Å²) in [5.41, 5.74) is 18.7. The first kappa shape index (κ1) is 83.1. The highest BCUT2D eigenvalue weighted by molar-refractivity contribution is 6.31. The van der Waals surface area contributed by atoms with E-state index in [4.69, 9.17) is 51.6 Å². The smallest absolute Gasteiger partial charge is 0.262 e. The van der Waals surface area contributed by atoms with Crippen molar-refractivity contribution in [3.63, 3.8) is 0 Å². The van der Waals surface area contributed by atoms with Crippen LogP contribution < -0.4 is 81.6 Å². The summed E-state index contributed by atoms with van der Waals surface area (Å²) in [6.45, 7) is 2.31. The number of pyridine rings is 5. The fourth-order valence-corrected chi connectivity index (χ4v) is 13.8. The number of methoxy groups -OCH3 is 1. The van der Waals surface area contributed by atoms with E-state index in [0.717, 1.165) is 107 Å². The molecule has 0 saturated carbocycles. The molecule has 626 valence electrons. The Morgan fingerprint density at radius 1 is 0.302 bits per heavy atom. The number of anilines is 15. The standard InChI is InChI=1S/C20H17N3O3.C20H17N3O2.2C19H14ClN3O2.C19H15N3O3/c1-25-16-4-2-3-15(11-16)22-19-10-14(7-8-21-19)13-5-6-18-17(9-13)23-20(24)12-26-18;1-13-4-2-3-5-16(13)22-19-11-15(8-9-21-19)14-6-7-18-17(10-14)23-20(24)12-25-18;20-14-2-4-15(5-3-14)22-18-10-13(7-8-21-18)12-1-6-17-16(9-12)23-19(24)11-25-17;20-14-2-1-3-15(10-14)22-18-9-13(6-7-21-18)12-4-5-17-16(8-12)23-19(24)11-25-17;23-15-3-1-2-14(10-15)21-18-9-13(6-7-20-18)12-4-5-17-16(8-12)22-19(24)11-25-17/h2-11H,12H2,1H3,(H,21,22)(H,23,24);2-11H,12H2,1H3,(H,21,22)(H,23,24);2*1-10H,11H2,(H,21,22)(H,23,24);1-10,23H,11H2,(H,20,21)(H,22,24). The molecule has 126 heavy (non-hydrogen) atoms. The van der Waals surface area contributed by atoms with Crippen molar-refractivity contribution < 1.29 is 57.5 Å². The van der Waals surface area contributed by atoms with Crippen molar-refractivity contribution >= 4 is 139 Å². The van der Waals surface area contributed by atoms with Gasteiger partial charge in [0.15, 0.2) is 33.0 Å². The number of ether oxygens (including phenoxy) is 6. The molecule has 15 aromatic rings. The highest BCUT2D eigenvalue weighted by Crippen LogP contribution is 2.40. The van der Waals surface area contributed by atoms with E-state index in [9.17, 15) is 29.1 Å². The van der Waals surface area contributed by atoms with E-state index in [1.807, 2.05) is 249 Å². The van der Waals surface area contributed by atoms with Gasteiger partial charge in [-0.1, -0.05) is 89.9 Å². The molecule has 0 bridgehead atoms. The monoisotopic (exact) mass is 1710 g/mol. The van der Waals surface area contributed by atoms with Gasteiger partial charge in [-0.25, -0.2) is 24.9 Å². The van der Waals surface area contributed by atoms with E-state index in [1.54, 1.807) is 56.3 Å². The number of para-hydroxylation sites is 1. The average Bonchev–Trinajstić information content (AvgIpc) is 0.817. The highest BCUT2D eigenvalue weighted by atomic mass is 35.5. The van der Waals surface area contributed by atoms with Crippen LogP contribution in [0.4, 0.5) is 86.0 Å². The fraction of sp³-hybridized carbons (Fsp3) is 0.0722. The normalized spacial score (nSPS) is 12.7. The molecule has 0 unspecified atom stereocenters. The SMILES string of the molecule is COc1cccc(Nc2cc(-c3ccc4c(c3)NC(=O)CO4)ccn2)c1.Cc1ccccc1Nc1cc(-c2ccc3c(c2)NC(=O)CO3)ccn1.O=C1COc2ccc(-c3ccnc(Nc4ccc(Cl)cc4)c3)cc2N1.O=C1COc2ccc(-c3ccnc(Nc4cccc(Cl)c4)c3)cc2N1.O=C1COc2ccc(-c3ccnc(Nc4cccc(O)c4)c3)cc2N1. The summed E-state index contributed by atoms with van der Waals surface area (Å²) in [7, 11) is 1.64. The Labute approximate surface area is 732 Å². The highest BCUT2D eigenvalue weighted by Gasteiger charge is 2.23. The van der Waals surface area contributed by atoms with Crippen LogP contribution in [0.15, 0.2) is 304 Å². The second-order valence-corrected chi connectivity index (χ2v) is 29.5. The third-order valence-corrected chi connectivity index (χ3v) is 20.1. The van der Waals surface area contributed by atoms with Crippen molar-refractivity contribution in [3.8, 4) is 95.9 Å². The number of halogens is 2. The molecule has 0 spiro atoms. The molecule has 20 rings (SSSR count). The van der Waals surface area contributed by atoms with Crippen LogP contribution in [-0.4, -0.2) is 99.7 Å². The van der Waals surface area contributed by atoms with Gasteiger partial charge < -0.3 is 86.7 Å². The minimum absolute atomic E-state index is 0.0413. The molecular weight excluding hydrogens is 1640 g/mol. The molecule has 5 amide bonds. The third-order valence-electron chi connectivity index (χ3n) is 19.6. The van der Waals surface area contributed by atoms with E-state index < -0.39 is 0 Å². The van der Waals surface area contributed by atoms with E-state index in [1.165, 1.54) is 0 Å². The minimum atomic E-state index is -0.161. The summed E-state index contributed by atoms with van der Waals surface area (Å²) in [5.74, 6) is 7.16. The van der Waals surface area contributed by atoms with Gasteiger partial charge in [-0.15, -0.1) is 0 Å². The van der Waals surface area contributed by atoms with Gasteiger partial charge in [0.2, 0.25) is 0 Å². The van der Waals surface area contributed by atoms with Gasteiger partial charge in [-0.05, 0) is 262 Å². The number of carbonyl (C=O) groups excluding carboxylic acids is 5. The predicted molar refractivity (Wildman–Crippen MR) is 491 cm³/mol. The van der Waals surface area contributed by atoms with Crippen molar-refractivity contribution in [2.75, 3.05) is 93.3 Å². The summed E-state index contributed by atoms with van der Waals surface area (Å²) in [4.78, 5) is 79.2. The largest absolute Gasteiger partial charge is 0.508 e. The maximum Gasteiger partial charge on any atom is 0.262 e. The number of fused-ring (bicyclic) bond motifs is 5. The number of carbonyl (C=O) groups is 5. The molecule has 5 aromatic heterocycles. The molecular formula is C97H77Cl2N15O12. The Morgan fingerprint density at radius 2 is 0.611 bits per heavy atom. The Kier molecular flexibility index (Phi) is 25.7. The molecule has 0 radical (unpaired) electrons. The molecule has 0 atom stereocenters. The van der Waals surface area contributed by atoms with Gasteiger partial charge in [-0.3, -0.25) is 24.0 Å². The number of amides is 5. The lowest BCUT2D eigenvalue weighted by Crippen LogP contribution is -2.25. The van der Waals surface area contributed by atoms with Crippen LogP contribution >= 0.6 is 23.2 Å². The van der Waals surface area contributed by atoms with Crippen LogP contribution in [0.1, 0.15) is 5.56 Å². The van der Waals surface area contributed by atoms with Crippen molar-refractivity contribution in [1.29, 1.82) is 0 Å². The average molecular weight is 1720 g/mol. The predicted octanol–water partition coefficient (Wildman–Crippen LogP) is 20.4. The number of aromatic nitrogens is 5. The molecule has 0 aliphatic carbocycles. The summed E-state index contributed by atoms with van der Waals surface area (Å²) < 4.78 is 32.2. The van der Waals surface area contributed by atoms with E-state index in [-0.39, 0.29) is 68.3 Å². The molecule has 0 fully saturated rings. The van der Waals surface area contributed by atoms with Gasteiger partial charge in [0.25, 0.3) is 29.5 Å². The zero-order chi connectivity index (χ0) is 86.8. The lowest BCUT2D eigenvalue weighted by atomic mass is 10.1. The van der Waals surface area contributed by atoms with Crippen molar-refractivity contribution in [1.82, 2.24) is 24.9 Å². The van der Waals surface area contributed by atoms with Crippen LogP contribution in [0, 0.1) is 6.92 Å². The number of aryl methyl sites for hydroxylation is 1. The lowest BCUT2D eigenvalue weighted by molar-refractivity contribution is -0.119. The second kappa shape index (κ2) is 38.9. The summed E-state index contributed by atoms with van der Waals surface area (Å²) in [5, 5.41) is 41.3. The summed E-state index contributed by atoms with van der Waals surface area (Å²) in [6.07, 6.45) is 8.69. The fourth-order valence-electron chi connectivity index (χ4n) is 13.5. The number of hydrogen-bond donors (Lipinski definition) is 11. The topological polar surface area (TPSA) is 346 Å². The summed E-state index contributed by atoms with van der Waals surface area (Å²) >= 11 is 11.9. The molecule has 10 heterocycles. The molecule has 27 nitrogen and oxygen atoms in total. The van der Waals surface area contributed by atoms with Crippen molar-refractivity contribution in [3.05, 3.63) is 320 Å². The number of hydrogen-bond acceptors (Lipinski definition) is 22. The van der Waals surface area contributed by atoms with Crippen LogP contribution in [-0.2, 0) is 24.0 Å². The third kappa shape index (κ3) is 21.8. The first-order chi connectivity index (χ1) is 61.4. The maximum atomic E-state index is 11.5. The number of benzene rings is 10. The molecule has 5 aliphatic heterocycles. The van der Waals surface area contributed by atoms with Gasteiger partial charge in [0, 0.05) is 81.6 Å². The van der Waals surface area contributed by atoms with Gasteiger partial charge in [0.05, 0.1) is 35.5 Å². The first-order valence-corrected chi connectivity index (χ1v) is 40.2. The van der Waals surface area contributed by atoms with E-state index in [0.29, 0.717) is 84.7 Å². The van der Waals surface area contributed by atoms with Crippen LogP contribution in [0.2, 0.25) is 10.0 Å². The molecule has 29 heteroatoms. The zero-order valence-corrected chi connectivity index (χ0v) is 68.8. The Balaban J connectivity index is 0.000000116. The molecule has 0 saturated heterocycles. The number of nitrogens with one attached hydrogen (secondary N) is 10. The number of nitrogens with zero attached hydrogens (tertiary/aromatic N) is 5. The number of rotatable bonds is 16. The van der Waals surface area contributed by atoms with E-state index in [2.05, 4.69) is 91.1 Å². The number of phenolic OH excluding ortho intramolecular Hbond substituents is 1. The lowest BCUT2D eigenvalue weighted by Gasteiger charge is -2.18. The maximum absolute atomic E-state index is 11.5. The molecule has 11 N–H and O–H groups in total. The summed E-state index contributed by atoms with van der Waals surface area (Å²) in [6, 6.07) is 85.3. The Morgan fingerprint density at radius 3 is 0.952 bits per heavy atom.